The number of hydrogen-bond donors (Lipinski definition) is 1. The van der Waals surface area contributed by atoms with E-state index in [9.17, 15) is 36.3 Å². The summed E-state index contributed by atoms with van der Waals surface area (Å²) in [5.74, 6) is -3.83. The van der Waals surface area contributed by atoms with Crippen molar-refractivity contribution in [2.24, 2.45) is 0 Å². The van der Waals surface area contributed by atoms with Gasteiger partial charge in [-0.1, -0.05) is 46.3 Å². The molecule has 2 aliphatic rings. The van der Waals surface area contributed by atoms with Gasteiger partial charge in [-0.05, 0) is 61.4 Å². The minimum Gasteiger partial charge on any atom is -0.355 e. The third-order valence-electron chi connectivity index (χ3n) is 8.95. The van der Waals surface area contributed by atoms with Crippen LogP contribution in [0, 0.1) is 0 Å². The number of anilines is 1. The van der Waals surface area contributed by atoms with Gasteiger partial charge >= 0.3 is 6.18 Å². The zero-order chi connectivity index (χ0) is 35.2. The van der Waals surface area contributed by atoms with Crippen LogP contribution in [0.3, 0.4) is 0 Å². The average molecular weight is 745 g/mol. The van der Waals surface area contributed by atoms with E-state index in [1.807, 2.05) is 30.3 Å². The lowest BCUT2D eigenvalue weighted by Crippen LogP contribution is -2.53. The Morgan fingerprint density at radius 3 is 2.29 bits per heavy atom. The number of rotatable bonds is 7. The Labute approximate surface area is 286 Å². The highest BCUT2D eigenvalue weighted by Gasteiger charge is 2.49. The summed E-state index contributed by atoms with van der Waals surface area (Å²) in [6, 6.07) is 17.3. The normalized spacial score (nSPS) is 17.2. The molecule has 256 valence electrons. The highest BCUT2D eigenvalue weighted by atomic mass is 79.9. The van der Waals surface area contributed by atoms with Gasteiger partial charge in [-0.3, -0.25) is 14.4 Å². The largest absolute Gasteiger partial charge is 0.417 e. The first kappa shape index (κ1) is 34.3. The lowest BCUT2D eigenvalue weighted by Gasteiger charge is -2.44. The van der Waals surface area contributed by atoms with Crippen molar-refractivity contribution >= 4 is 33.7 Å². The molecule has 0 bridgehead atoms. The molecule has 0 radical (unpaired) electrons. The zero-order valence-corrected chi connectivity index (χ0v) is 28.0. The second-order valence-corrected chi connectivity index (χ2v) is 13.2. The van der Waals surface area contributed by atoms with Crippen molar-refractivity contribution in [3.05, 3.63) is 121 Å². The van der Waals surface area contributed by atoms with E-state index in [0.29, 0.717) is 16.8 Å². The molecule has 0 saturated heterocycles. The van der Waals surface area contributed by atoms with Crippen LogP contribution >= 0.6 is 15.9 Å². The SMILES string of the molecule is CNC(=O)c1ccc(-n2c(N(Cc3ccccc3)C3CC(F)(F)C3)nc3c(c2=O)C[C@@H](C)N(C(=O)c2ccc(Br)c(C(F)(F)F)c2)C3)cc1. The molecule has 2 amide bonds. The van der Waals surface area contributed by atoms with Gasteiger partial charge in [0.1, 0.15) is 0 Å². The van der Waals surface area contributed by atoms with Gasteiger partial charge < -0.3 is 15.1 Å². The standard InChI is InChI=1S/C35H31BrF5N5O3/c1-20-14-26-29(19-44(20)31(48)23-10-13-28(36)27(15-23)35(39,40)41)43-33(46(32(26)49)24-11-8-22(9-12-24)30(47)42-2)45(25-16-34(37,38)17-25)18-21-6-4-3-5-7-21/h3-13,15,20,25H,14,16-19H2,1-2H3,(H,42,47)/t20-/m1/s1. The maximum atomic E-state index is 14.4. The zero-order valence-electron chi connectivity index (χ0n) is 26.4. The van der Waals surface area contributed by atoms with Crippen LogP contribution in [0.4, 0.5) is 27.9 Å². The monoisotopic (exact) mass is 743 g/mol. The Bertz CT molecular complexity index is 1960. The number of aromatic nitrogens is 2. The van der Waals surface area contributed by atoms with Crippen LogP contribution in [0.1, 0.15) is 62.9 Å². The van der Waals surface area contributed by atoms with Crippen molar-refractivity contribution in [3.8, 4) is 5.69 Å². The van der Waals surface area contributed by atoms with Crippen LogP contribution in [0.25, 0.3) is 5.69 Å². The molecule has 0 unspecified atom stereocenters. The quantitative estimate of drug-likeness (QED) is 0.212. The third-order valence-corrected chi connectivity index (χ3v) is 9.64. The summed E-state index contributed by atoms with van der Waals surface area (Å²) in [7, 11) is 1.49. The molecule has 1 aliphatic heterocycles. The molecule has 2 heterocycles. The lowest BCUT2D eigenvalue weighted by atomic mass is 9.86. The summed E-state index contributed by atoms with van der Waals surface area (Å²) in [5, 5.41) is 2.54. The summed E-state index contributed by atoms with van der Waals surface area (Å²) in [6.07, 6.45) is -5.58. The van der Waals surface area contributed by atoms with Crippen molar-refractivity contribution in [1.82, 2.24) is 19.8 Å². The molecule has 1 fully saturated rings. The third kappa shape index (κ3) is 6.83. The number of benzene rings is 3. The van der Waals surface area contributed by atoms with Gasteiger partial charge in [-0.15, -0.1) is 0 Å². The fourth-order valence-electron chi connectivity index (χ4n) is 6.28. The van der Waals surface area contributed by atoms with Crippen LogP contribution in [-0.2, 0) is 25.7 Å². The minimum absolute atomic E-state index is 0.0480. The summed E-state index contributed by atoms with van der Waals surface area (Å²) in [6.45, 7) is 1.64. The molecule has 1 aliphatic carbocycles. The van der Waals surface area contributed by atoms with E-state index in [2.05, 4.69) is 21.2 Å². The van der Waals surface area contributed by atoms with Gasteiger partial charge in [0.2, 0.25) is 5.95 Å². The summed E-state index contributed by atoms with van der Waals surface area (Å²) in [5.41, 5.74) is 0.346. The molecule has 4 aromatic rings. The summed E-state index contributed by atoms with van der Waals surface area (Å²) in [4.78, 5) is 48.3. The topological polar surface area (TPSA) is 87.5 Å². The van der Waals surface area contributed by atoms with Crippen molar-refractivity contribution in [1.29, 1.82) is 0 Å². The number of halogens is 6. The molecular formula is C35H31BrF5N5O3. The van der Waals surface area contributed by atoms with Crippen LogP contribution in [-0.4, -0.2) is 51.3 Å². The van der Waals surface area contributed by atoms with Crippen molar-refractivity contribution in [3.63, 3.8) is 0 Å². The number of amides is 2. The van der Waals surface area contributed by atoms with E-state index < -0.39 is 54.1 Å². The predicted octanol–water partition coefficient (Wildman–Crippen LogP) is 6.76. The number of carbonyl (C=O) groups is 2. The highest BCUT2D eigenvalue weighted by Crippen LogP contribution is 2.43. The number of fused-ring (bicyclic) bond motifs is 1. The molecule has 1 saturated carbocycles. The van der Waals surface area contributed by atoms with Gasteiger partial charge in [-0.2, -0.15) is 13.2 Å². The van der Waals surface area contributed by atoms with Gasteiger partial charge in [0.05, 0.1) is 23.5 Å². The van der Waals surface area contributed by atoms with E-state index in [-0.39, 0.29) is 47.1 Å². The molecule has 1 atom stereocenters. The first-order valence-electron chi connectivity index (χ1n) is 15.5. The smallest absolute Gasteiger partial charge is 0.355 e. The maximum Gasteiger partial charge on any atom is 0.417 e. The Kier molecular flexibility index (Phi) is 9.12. The Balaban J connectivity index is 1.47. The lowest BCUT2D eigenvalue weighted by molar-refractivity contribution is -0.138. The molecule has 6 rings (SSSR count). The van der Waals surface area contributed by atoms with E-state index >= 15 is 0 Å². The molecule has 3 aromatic carbocycles. The van der Waals surface area contributed by atoms with Gasteiger partial charge in [-0.25, -0.2) is 18.3 Å². The Hall–Kier alpha value is -4.59. The van der Waals surface area contributed by atoms with Gasteiger partial charge in [0.15, 0.2) is 0 Å². The second kappa shape index (κ2) is 13.0. The molecule has 1 N–H and O–H groups in total. The predicted molar refractivity (Wildman–Crippen MR) is 176 cm³/mol. The average Bonchev–Trinajstić information content (AvgIpc) is 3.06. The van der Waals surface area contributed by atoms with E-state index in [1.165, 1.54) is 28.6 Å². The van der Waals surface area contributed by atoms with Crippen LogP contribution < -0.4 is 15.8 Å². The van der Waals surface area contributed by atoms with Crippen molar-refractivity contribution < 1.29 is 31.5 Å². The van der Waals surface area contributed by atoms with Gasteiger partial charge in [0.25, 0.3) is 23.3 Å². The van der Waals surface area contributed by atoms with Crippen LogP contribution in [0.2, 0.25) is 0 Å². The molecule has 14 heteroatoms. The maximum absolute atomic E-state index is 14.4. The fraction of sp³-hybridized carbons (Fsp3) is 0.314. The summed E-state index contributed by atoms with van der Waals surface area (Å²) < 4.78 is 70.8. The van der Waals surface area contributed by atoms with E-state index in [4.69, 9.17) is 4.98 Å². The second-order valence-electron chi connectivity index (χ2n) is 12.3. The number of nitrogens with one attached hydrogen (secondary N) is 1. The van der Waals surface area contributed by atoms with Crippen LogP contribution in [0.15, 0.2) is 82.1 Å². The molecule has 8 nitrogen and oxygen atoms in total. The number of hydrogen-bond acceptors (Lipinski definition) is 5. The number of carbonyl (C=O) groups excluding carboxylic acids is 2. The van der Waals surface area contributed by atoms with E-state index in [0.717, 1.165) is 11.6 Å². The molecule has 49 heavy (non-hydrogen) atoms. The molecular weight excluding hydrogens is 713 g/mol. The Morgan fingerprint density at radius 1 is 1.02 bits per heavy atom. The van der Waals surface area contributed by atoms with Gasteiger partial charge in [0, 0.05) is 59.7 Å². The van der Waals surface area contributed by atoms with E-state index in [1.54, 1.807) is 36.1 Å². The molecule has 1 aromatic heterocycles. The van der Waals surface area contributed by atoms with Crippen molar-refractivity contribution in [2.45, 2.75) is 63.5 Å². The number of nitrogens with zero attached hydrogens (tertiary/aromatic N) is 4. The first-order valence-corrected chi connectivity index (χ1v) is 16.3. The minimum atomic E-state index is -4.70. The summed E-state index contributed by atoms with van der Waals surface area (Å²) >= 11 is 2.90. The van der Waals surface area contributed by atoms with Crippen molar-refractivity contribution in [2.75, 3.05) is 11.9 Å². The first-order chi connectivity index (χ1) is 23.2. The fourth-order valence-corrected chi connectivity index (χ4v) is 6.76. The number of alkyl halides is 5. The van der Waals surface area contributed by atoms with Crippen LogP contribution in [0.5, 0.6) is 0 Å². The molecule has 0 spiro atoms. The highest BCUT2D eigenvalue weighted by molar-refractivity contribution is 9.10. The Morgan fingerprint density at radius 2 is 1.67 bits per heavy atom.